The van der Waals surface area contributed by atoms with Crippen molar-refractivity contribution < 1.29 is 24.2 Å². The van der Waals surface area contributed by atoms with Crippen molar-refractivity contribution in [2.24, 2.45) is 11.8 Å². The van der Waals surface area contributed by atoms with Crippen LogP contribution in [0.2, 0.25) is 0 Å². The number of fused-ring (bicyclic) bond motifs is 1. The molecule has 0 aromatic heterocycles. The van der Waals surface area contributed by atoms with Crippen molar-refractivity contribution >= 4 is 29.6 Å². The predicted molar refractivity (Wildman–Crippen MR) is 81.9 cm³/mol. The smallest absolute Gasteiger partial charge is 0.353 e. The Hall–Kier alpha value is -1.50. The van der Waals surface area contributed by atoms with Gasteiger partial charge in [0.25, 0.3) is 0 Å². The highest BCUT2D eigenvalue weighted by Gasteiger charge is 2.55. The third kappa shape index (κ3) is 2.99. The number of thioether (sulfide) groups is 1. The lowest BCUT2D eigenvalue weighted by atomic mass is 9.79. The van der Waals surface area contributed by atoms with Crippen LogP contribution < -0.4 is 0 Å². The van der Waals surface area contributed by atoms with E-state index in [9.17, 15) is 19.5 Å². The molecule has 1 saturated heterocycles. The van der Waals surface area contributed by atoms with Crippen LogP contribution in [0.1, 0.15) is 34.1 Å². The van der Waals surface area contributed by atoms with Crippen molar-refractivity contribution in [2.45, 2.75) is 46.3 Å². The van der Waals surface area contributed by atoms with Crippen LogP contribution >= 0.6 is 11.8 Å². The van der Waals surface area contributed by atoms with Crippen molar-refractivity contribution in [3.8, 4) is 0 Å². The lowest BCUT2D eigenvalue weighted by Gasteiger charge is -2.45. The quantitative estimate of drug-likeness (QED) is 0.592. The molecule has 2 heterocycles. The van der Waals surface area contributed by atoms with Crippen LogP contribution in [-0.4, -0.2) is 45.8 Å². The van der Waals surface area contributed by atoms with E-state index in [1.54, 1.807) is 6.92 Å². The standard InChI is InChI=1S/C15H21NO5S/c1-7(2)12-10-5-11(22-6-8(3)21-9(4)17)13(15(19)20)16(10)14(12)18/h7-8,10,12H,5-6H2,1-4H3,(H,19,20). The Morgan fingerprint density at radius 2 is 2.05 bits per heavy atom. The van der Waals surface area contributed by atoms with Crippen molar-refractivity contribution in [1.29, 1.82) is 0 Å². The molecule has 22 heavy (non-hydrogen) atoms. The molecule has 0 aliphatic carbocycles. The lowest BCUT2D eigenvalue weighted by Crippen LogP contribution is -2.60. The highest BCUT2D eigenvalue weighted by Crippen LogP contribution is 2.48. The molecule has 122 valence electrons. The Bertz CT molecular complexity index is 542. The van der Waals surface area contributed by atoms with Gasteiger partial charge in [-0.15, -0.1) is 11.8 Å². The van der Waals surface area contributed by atoms with E-state index in [1.165, 1.54) is 23.6 Å². The summed E-state index contributed by atoms with van der Waals surface area (Å²) in [7, 11) is 0. The fourth-order valence-electron chi connectivity index (χ4n) is 3.10. The van der Waals surface area contributed by atoms with Gasteiger partial charge in [0.1, 0.15) is 11.8 Å². The fraction of sp³-hybridized carbons (Fsp3) is 0.667. The van der Waals surface area contributed by atoms with Crippen LogP contribution in [0.25, 0.3) is 0 Å². The molecule has 1 fully saturated rings. The van der Waals surface area contributed by atoms with Crippen LogP contribution in [0.4, 0.5) is 0 Å². The molecule has 0 aromatic carbocycles. The first-order valence-corrected chi connectivity index (χ1v) is 8.32. The monoisotopic (exact) mass is 327 g/mol. The maximum atomic E-state index is 12.2. The number of carboxylic acid groups (broad SMARTS) is 1. The Morgan fingerprint density at radius 3 is 2.55 bits per heavy atom. The summed E-state index contributed by atoms with van der Waals surface area (Å²) in [6.45, 7) is 7.07. The van der Waals surface area contributed by atoms with Crippen LogP contribution in [-0.2, 0) is 19.1 Å². The van der Waals surface area contributed by atoms with Gasteiger partial charge in [-0.05, 0) is 12.8 Å². The Kier molecular flexibility index (Phi) is 4.84. The average Bonchev–Trinajstić information content (AvgIpc) is 2.69. The number of carbonyl (C=O) groups is 3. The minimum Gasteiger partial charge on any atom is -0.477 e. The normalized spacial score (nSPS) is 25.1. The van der Waals surface area contributed by atoms with Crippen LogP contribution in [0.15, 0.2) is 10.6 Å². The third-order valence-electron chi connectivity index (χ3n) is 3.95. The third-order valence-corrected chi connectivity index (χ3v) is 5.29. The number of nitrogens with zero attached hydrogens (tertiary/aromatic N) is 1. The largest absolute Gasteiger partial charge is 0.477 e. The summed E-state index contributed by atoms with van der Waals surface area (Å²) < 4.78 is 5.05. The van der Waals surface area contributed by atoms with Crippen LogP contribution in [0, 0.1) is 11.8 Å². The molecule has 0 bridgehead atoms. The van der Waals surface area contributed by atoms with E-state index >= 15 is 0 Å². The molecule has 3 unspecified atom stereocenters. The molecule has 6 nitrogen and oxygen atoms in total. The summed E-state index contributed by atoms with van der Waals surface area (Å²) in [5, 5.41) is 9.41. The van der Waals surface area contributed by atoms with E-state index in [2.05, 4.69) is 0 Å². The first-order valence-electron chi connectivity index (χ1n) is 7.33. The second-order valence-corrected chi connectivity index (χ2v) is 7.17. The number of rotatable bonds is 6. The number of hydrogen-bond acceptors (Lipinski definition) is 5. The molecule has 2 rings (SSSR count). The molecule has 3 atom stereocenters. The van der Waals surface area contributed by atoms with Gasteiger partial charge in [-0.3, -0.25) is 9.59 Å². The highest BCUT2D eigenvalue weighted by atomic mass is 32.2. The Balaban J connectivity index is 2.09. The first kappa shape index (κ1) is 16.9. The van der Waals surface area contributed by atoms with Crippen LogP contribution in [0.3, 0.4) is 0 Å². The highest BCUT2D eigenvalue weighted by molar-refractivity contribution is 8.03. The molecule has 0 radical (unpaired) electrons. The van der Waals surface area contributed by atoms with Crippen molar-refractivity contribution in [2.75, 3.05) is 5.75 Å². The molecule has 0 saturated carbocycles. The molecule has 7 heteroatoms. The minimum atomic E-state index is -1.07. The van der Waals surface area contributed by atoms with E-state index in [-0.39, 0.29) is 41.6 Å². The molecule has 0 spiro atoms. The second kappa shape index (κ2) is 6.32. The van der Waals surface area contributed by atoms with Gasteiger partial charge in [0, 0.05) is 24.0 Å². The zero-order chi connectivity index (χ0) is 16.6. The molecule has 2 aliphatic rings. The maximum absolute atomic E-state index is 12.2. The first-order chi connectivity index (χ1) is 10.2. The number of hydrogen-bond donors (Lipinski definition) is 1. The SMILES string of the molecule is CC(=O)OC(C)CSC1=C(C(=O)O)N2C(=O)C(C(C)C)C2C1. The van der Waals surface area contributed by atoms with E-state index in [1.807, 2.05) is 13.8 Å². The van der Waals surface area contributed by atoms with Crippen LogP contribution in [0.5, 0.6) is 0 Å². The maximum Gasteiger partial charge on any atom is 0.353 e. The minimum absolute atomic E-state index is 0.0369. The number of carbonyl (C=O) groups excluding carboxylic acids is 2. The number of amides is 1. The summed E-state index contributed by atoms with van der Waals surface area (Å²) in [5.41, 5.74) is 0.104. The van der Waals surface area contributed by atoms with E-state index < -0.39 is 5.97 Å². The Labute approximate surface area is 133 Å². The van der Waals surface area contributed by atoms with E-state index in [0.29, 0.717) is 17.1 Å². The van der Waals surface area contributed by atoms with Gasteiger partial charge in [0.2, 0.25) is 5.91 Å². The average molecular weight is 327 g/mol. The summed E-state index contributed by atoms with van der Waals surface area (Å²) in [6, 6.07) is -0.0369. The molecule has 2 aliphatic heterocycles. The summed E-state index contributed by atoms with van der Waals surface area (Å²) >= 11 is 1.36. The molecular formula is C15H21NO5S. The second-order valence-electron chi connectivity index (χ2n) is 6.06. The fourth-order valence-corrected chi connectivity index (χ4v) is 4.21. The van der Waals surface area contributed by atoms with Gasteiger partial charge in [-0.2, -0.15) is 0 Å². The number of aliphatic carboxylic acids is 1. The predicted octanol–water partition coefficient (Wildman–Crippen LogP) is 1.85. The Morgan fingerprint density at radius 1 is 1.41 bits per heavy atom. The summed E-state index contributed by atoms with van der Waals surface area (Å²) in [4.78, 5) is 36.7. The van der Waals surface area contributed by atoms with Gasteiger partial charge in [-0.1, -0.05) is 13.8 Å². The summed E-state index contributed by atoms with van der Waals surface area (Å²) in [6.07, 6.45) is 0.281. The van der Waals surface area contributed by atoms with Crippen molar-refractivity contribution in [3.05, 3.63) is 10.6 Å². The zero-order valence-electron chi connectivity index (χ0n) is 13.2. The molecule has 1 amide bonds. The van der Waals surface area contributed by atoms with Crippen molar-refractivity contribution in [3.63, 3.8) is 0 Å². The molecular weight excluding hydrogens is 306 g/mol. The van der Waals surface area contributed by atoms with Gasteiger partial charge in [0.15, 0.2) is 0 Å². The zero-order valence-corrected chi connectivity index (χ0v) is 14.0. The van der Waals surface area contributed by atoms with Gasteiger partial charge in [0.05, 0.1) is 12.0 Å². The number of esters is 1. The van der Waals surface area contributed by atoms with Gasteiger partial charge >= 0.3 is 11.9 Å². The van der Waals surface area contributed by atoms with Crippen molar-refractivity contribution in [1.82, 2.24) is 4.90 Å². The lowest BCUT2D eigenvalue weighted by molar-refractivity contribution is -0.157. The van der Waals surface area contributed by atoms with E-state index in [0.717, 1.165) is 0 Å². The molecule has 1 N–H and O–H groups in total. The van der Waals surface area contributed by atoms with E-state index in [4.69, 9.17) is 4.74 Å². The number of β-lactam (4-membered cyclic amide) rings is 1. The van der Waals surface area contributed by atoms with Gasteiger partial charge in [-0.25, -0.2) is 4.79 Å². The molecule has 0 aromatic rings. The number of carboxylic acids is 1. The topological polar surface area (TPSA) is 83.9 Å². The number of ether oxygens (including phenoxy) is 1. The van der Waals surface area contributed by atoms with Gasteiger partial charge < -0.3 is 14.7 Å². The summed E-state index contributed by atoms with van der Waals surface area (Å²) in [5.74, 6) is -0.939.